The lowest BCUT2D eigenvalue weighted by Crippen LogP contribution is -2.51. The second kappa shape index (κ2) is 6.25. The first-order valence-corrected chi connectivity index (χ1v) is 7.60. The second-order valence-corrected chi connectivity index (χ2v) is 6.75. The minimum atomic E-state index is 0.233. The van der Waals surface area contributed by atoms with Gasteiger partial charge in [0.25, 0.3) is 0 Å². The van der Waals surface area contributed by atoms with Crippen LogP contribution in [0.5, 0.6) is 5.75 Å². The van der Waals surface area contributed by atoms with Gasteiger partial charge in [-0.05, 0) is 51.4 Å². The van der Waals surface area contributed by atoms with Crippen molar-refractivity contribution in [2.24, 2.45) is 0 Å². The first kappa shape index (κ1) is 14.8. The fraction of sp³-hybridized carbons (Fsp3) is 0.600. The fourth-order valence-corrected chi connectivity index (χ4v) is 3.10. The lowest BCUT2D eigenvalue weighted by molar-refractivity contribution is 0.247. The fourth-order valence-electron chi connectivity index (χ4n) is 2.69. The molecule has 0 spiro atoms. The number of nitrogens with one attached hydrogen (secondary N) is 2. The molecular formula is C15H23BrN2O. The van der Waals surface area contributed by atoms with Crippen LogP contribution >= 0.6 is 15.9 Å². The van der Waals surface area contributed by atoms with Gasteiger partial charge >= 0.3 is 0 Å². The molecule has 1 atom stereocenters. The van der Waals surface area contributed by atoms with Crippen molar-refractivity contribution in [1.29, 1.82) is 0 Å². The molecule has 0 radical (unpaired) electrons. The number of methoxy groups -OCH3 is 1. The van der Waals surface area contributed by atoms with E-state index < -0.39 is 0 Å². The third-order valence-electron chi connectivity index (χ3n) is 3.68. The van der Waals surface area contributed by atoms with E-state index in [-0.39, 0.29) is 5.54 Å². The Morgan fingerprint density at radius 3 is 2.95 bits per heavy atom. The maximum Gasteiger partial charge on any atom is 0.123 e. The van der Waals surface area contributed by atoms with Gasteiger partial charge in [0.15, 0.2) is 0 Å². The van der Waals surface area contributed by atoms with Crippen LogP contribution in [0, 0.1) is 0 Å². The molecule has 0 amide bonds. The zero-order valence-corrected chi connectivity index (χ0v) is 13.5. The average Bonchev–Trinajstić information content (AvgIpc) is 2.35. The third-order valence-corrected chi connectivity index (χ3v) is 4.17. The van der Waals surface area contributed by atoms with Gasteiger partial charge in [-0.15, -0.1) is 0 Å². The van der Waals surface area contributed by atoms with E-state index in [1.54, 1.807) is 7.11 Å². The molecule has 0 aliphatic carbocycles. The predicted molar refractivity (Wildman–Crippen MR) is 82.6 cm³/mol. The Balaban J connectivity index is 1.96. The first-order chi connectivity index (χ1) is 9.00. The maximum atomic E-state index is 5.41. The molecule has 1 aromatic carbocycles. The molecule has 1 aromatic rings. The van der Waals surface area contributed by atoms with E-state index in [0.717, 1.165) is 29.7 Å². The summed E-state index contributed by atoms with van der Waals surface area (Å²) in [6.07, 6.45) is 2.34. The summed E-state index contributed by atoms with van der Waals surface area (Å²) in [6, 6.07) is 6.71. The summed E-state index contributed by atoms with van der Waals surface area (Å²) < 4.78 is 6.50. The standard InChI is InChI=1S/C15H23BrN2O/c1-15(2)9-13(6-7-18-15)17-10-11-8-12(16)4-5-14(11)19-3/h4-5,8,13,17-18H,6-7,9-10H2,1-3H3. The highest BCUT2D eigenvalue weighted by Crippen LogP contribution is 2.24. The number of rotatable bonds is 4. The van der Waals surface area contributed by atoms with Crippen LogP contribution < -0.4 is 15.4 Å². The van der Waals surface area contributed by atoms with Gasteiger partial charge in [-0.25, -0.2) is 0 Å². The van der Waals surface area contributed by atoms with Gasteiger partial charge in [0.2, 0.25) is 0 Å². The van der Waals surface area contributed by atoms with Crippen LogP contribution in [0.25, 0.3) is 0 Å². The minimum Gasteiger partial charge on any atom is -0.496 e. The van der Waals surface area contributed by atoms with E-state index in [0.29, 0.717) is 6.04 Å². The highest BCUT2D eigenvalue weighted by Gasteiger charge is 2.26. The van der Waals surface area contributed by atoms with Gasteiger partial charge in [-0.2, -0.15) is 0 Å². The van der Waals surface area contributed by atoms with E-state index in [2.05, 4.69) is 46.5 Å². The quantitative estimate of drug-likeness (QED) is 0.892. The third kappa shape index (κ3) is 4.20. The van der Waals surface area contributed by atoms with Crippen molar-refractivity contribution in [3.05, 3.63) is 28.2 Å². The molecule has 0 bridgehead atoms. The number of hydrogen-bond donors (Lipinski definition) is 2. The number of piperidine rings is 1. The summed E-state index contributed by atoms with van der Waals surface area (Å²) >= 11 is 3.52. The van der Waals surface area contributed by atoms with E-state index in [4.69, 9.17) is 4.74 Å². The molecule has 106 valence electrons. The van der Waals surface area contributed by atoms with Crippen molar-refractivity contribution in [2.75, 3.05) is 13.7 Å². The number of halogens is 1. The van der Waals surface area contributed by atoms with Crippen LogP contribution in [0.1, 0.15) is 32.3 Å². The summed E-state index contributed by atoms with van der Waals surface area (Å²) in [4.78, 5) is 0. The molecule has 1 heterocycles. The first-order valence-electron chi connectivity index (χ1n) is 6.81. The van der Waals surface area contributed by atoms with E-state index in [9.17, 15) is 0 Å². The molecule has 1 aliphatic heterocycles. The lowest BCUT2D eigenvalue weighted by Gasteiger charge is -2.37. The largest absolute Gasteiger partial charge is 0.496 e. The van der Waals surface area contributed by atoms with Crippen LogP contribution in [0.3, 0.4) is 0 Å². The number of hydrogen-bond acceptors (Lipinski definition) is 3. The van der Waals surface area contributed by atoms with Crippen LogP contribution in [-0.2, 0) is 6.54 Å². The molecule has 4 heteroatoms. The molecular weight excluding hydrogens is 304 g/mol. The Labute approximate surface area is 124 Å². The van der Waals surface area contributed by atoms with E-state index in [1.807, 2.05) is 12.1 Å². The van der Waals surface area contributed by atoms with Crippen molar-refractivity contribution in [3.63, 3.8) is 0 Å². The molecule has 1 saturated heterocycles. The van der Waals surface area contributed by atoms with E-state index in [1.165, 1.54) is 12.0 Å². The summed E-state index contributed by atoms with van der Waals surface area (Å²) in [5.41, 5.74) is 1.44. The summed E-state index contributed by atoms with van der Waals surface area (Å²) in [7, 11) is 1.72. The molecule has 3 nitrogen and oxygen atoms in total. The van der Waals surface area contributed by atoms with Crippen molar-refractivity contribution < 1.29 is 4.74 Å². The number of ether oxygens (including phenoxy) is 1. The predicted octanol–water partition coefficient (Wildman–Crippen LogP) is 3.08. The van der Waals surface area contributed by atoms with Crippen LogP contribution in [-0.4, -0.2) is 25.2 Å². The van der Waals surface area contributed by atoms with Crippen molar-refractivity contribution in [3.8, 4) is 5.75 Å². The van der Waals surface area contributed by atoms with Crippen molar-refractivity contribution >= 4 is 15.9 Å². The van der Waals surface area contributed by atoms with Gasteiger partial charge in [0.1, 0.15) is 5.75 Å². The normalized spacial score (nSPS) is 22.2. The van der Waals surface area contributed by atoms with Crippen LogP contribution in [0.4, 0.5) is 0 Å². The Bertz CT molecular complexity index is 434. The summed E-state index contributed by atoms with van der Waals surface area (Å²) in [6.45, 7) is 6.46. The van der Waals surface area contributed by atoms with Crippen molar-refractivity contribution in [1.82, 2.24) is 10.6 Å². The highest BCUT2D eigenvalue weighted by molar-refractivity contribution is 9.10. The van der Waals surface area contributed by atoms with E-state index >= 15 is 0 Å². The Morgan fingerprint density at radius 1 is 1.47 bits per heavy atom. The minimum absolute atomic E-state index is 0.233. The van der Waals surface area contributed by atoms with Gasteiger partial charge < -0.3 is 15.4 Å². The molecule has 1 unspecified atom stereocenters. The zero-order chi connectivity index (χ0) is 13.9. The van der Waals surface area contributed by atoms with Gasteiger partial charge in [0, 0.05) is 28.2 Å². The maximum absolute atomic E-state index is 5.41. The smallest absolute Gasteiger partial charge is 0.123 e. The van der Waals surface area contributed by atoms with Crippen molar-refractivity contribution in [2.45, 2.75) is 44.8 Å². The molecule has 1 aliphatic rings. The molecule has 1 fully saturated rings. The van der Waals surface area contributed by atoms with Gasteiger partial charge in [0.05, 0.1) is 7.11 Å². The lowest BCUT2D eigenvalue weighted by atomic mass is 9.89. The Kier molecular flexibility index (Phi) is 4.87. The van der Waals surface area contributed by atoms with Crippen LogP contribution in [0.15, 0.2) is 22.7 Å². The molecule has 2 rings (SSSR count). The highest BCUT2D eigenvalue weighted by atomic mass is 79.9. The second-order valence-electron chi connectivity index (χ2n) is 5.84. The van der Waals surface area contributed by atoms with Gasteiger partial charge in [-0.1, -0.05) is 15.9 Å². The Hall–Kier alpha value is -0.580. The Morgan fingerprint density at radius 2 is 2.26 bits per heavy atom. The molecule has 19 heavy (non-hydrogen) atoms. The van der Waals surface area contributed by atoms with Crippen LogP contribution in [0.2, 0.25) is 0 Å². The van der Waals surface area contributed by atoms with Gasteiger partial charge in [-0.3, -0.25) is 0 Å². The topological polar surface area (TPSA) is 33.3 Å². The monoisotopic (exact) mass is 326 g/mol. The molecule has 0 aromatic heterocycles. The molecule has 0 saturated carbocycles. The zero-order valence-electron chi connectivity index (χ0n) is 11.9. The summed E-state index contributed by atoms with van der Waals surface area (Å²) in [5.74, 6) is 0.948. The SMILES string of the molecule is COc1ccc(Br)cc1CNC1CCNC(C)(C)C1. The average molecular weight is 327 g/mol. The number of benzene rings is 1. The molecule has 2 N–H and O–H groups in total. The summed E-state index contributed by atoms with van der Waals surface area (Å²) in [5, 5.41) is 7.20.